The van der Waals surface area contributed by atoms with E-state index in [-0.39, 0.29) is 11.5 Å². The lowest BCUT2D eigenvalue weighted by molar-refractivity contribution is -0.418. The van der Waals surface area contributed by atoms with Gasteiger partial charge in [0.1, 0.15) is 5.76 Å². The lowest BCUT2D eigenvalue weighted by atomic mass is 10.4. The van der Waals surface area contributed by atoms with Crippen molar-refractivity contribution in [3.8, 4) is 0 Å². The molecular weight excluding hydrogens is 158 g/mol. The molecule has 0 atom stereocenters. The number of allylic oxidation sites excluding steroid dienone is 2. The average molecular weight is 171 g/mol. The highest BCUT2D eigenvalue weighted by atomic mass is 16.6. The van der Waals surface area contributed by atoms with E-state index in [0.717, 1.165) is 12.2 Å². The van der Waals surface area contributed by atoms with E-state index in [4.69, 9.17) is 5.11 Å². The molecule has 4 nitrogen and oxygen atoms in total. The van der Waals surface area contributed by atoms with Crippen LogP contribution in [-0.4, -0.2) is 10.0 Å². The van der Waals surface area contributed by atoms with Gasteiger partial charge in [-0.3, -0.25) is 10.1 Å². The SMILES string of the molecule is C=C(O)/C=C\C(=C)[N+](=O)[O-].CC. The van der Waals surface area contributed by atoms with Gasteiger partial charge in [-0.05, 0) is 12.7 Å². The fourth-order valence-corrected chi connectivity index (χ4v) is 0.253. The van der Waals surface area contributed by atoms with E-state index in [2.05, 4.69) is 13.2 Å². The van der Waals surface area contributed by atoms with Gasteiger partial charge < -0.3 is 5.11 Å². The summed E-state index contributed by atoms with van der Waals surface area (Å²) in [6, 6.07) is 0. The Morgan fingerprint density at radius 2 is 1.83 bits per heavy atom. The van der Waals surface area contributed by atoms with Gasteiger partial charge in [0, 0.05) is 6.08 Å². The van der Waals surface area contributed by atoms with E-state index >= 15 is 0 Å². The molecule has 0 aromatic heterocycles. The number of aliphatic hydroxyl groups is 1. The topological polar surface area (TPSA) is 63.4 Å². The van der Waals surface area contributed by atoms with Gasteiger partial charge in [0.05, 0.1) is 4.92 Å². The van der Waals surface area contributed by atoms with Crippen molar-refractivity contribution in [3.63, 3.8) is 0 Å². The first-order valence-electron chi connectivity index (χ1n) is 3.43. The fraction of sp³-hybridized carbons (Fsp3) is 0.250. The van der Waals surface area contributed by atoms with Crippen LogP contribution >= 0.6 is 0 Å². The largest absolute Gasteiger partial charge is 0.509 e. The molecule has 0 fully saturated rings. The second-order valence-corrected chi connectivity index (χ2v) is 1.57. The molecule has 0 unspecified atom stereocenters. The van der Waals surface area contributed by atoms with Gasteiger partial charge >= 0.3 is 0 Å². The first kappa shape index (κ1) is 13.0. The Bertz CT molecular complexity index is 206. The zero-order chi connectivity index (χ0) is 10.1. The van der Waals surface area contributed by atoms with Crippen LogP contribution in [0.3, 0.4) is 0 Å². The lowest BCUT2D eigenvalue weighted by Crippen LogP contribution is -1.92. The van der Waals surface area contributed by atoms with Gasteiger partial charge in [0.2, 0.25) is 0 Å². The van der Waals surface area contributed by atoms with Crippen molar-refractivity contribution >= 4 is 0 Å². The zero-order valence-electron chi connectivity index (χ0n) is 7.28. The molecule has 1 N–H and O–H groups in total. The molecule has 12 heavy (non-hydrogen) atoms. The van der Waals surface area contributed by atoms with Crippen LogP contribution in [0.15, 0.2) is 36.8 Å². The number of nitro groups is 1. The summed E-state index contributed by atoms with van der Waals surface area (Å²) >= 11 is 0. The molecule has 0 aromatic carbocycles. The van der Waals surface area contributed by atoms with E-state index < -0.39 is 4.92 Å². The average Bonchev–Trinajstić information content (AvgIpc) is 2.03. The minimum Gasteiger partial charge on any atom is -0.509 e. The molecule has 0 radical (unpaired) electrons. The lowest BCUT2D eigenvalue weighted by Gasteiger charge is -1.85. The van der Waals surface area contributed by atoms with Crippen molar-refractivity contribution in [1.29, 1.82) is 0 Å². The van der Waals surface area contributed by atoms with Crippen LogP contribution in [0, 0.1) is 10.1 Å². The number of aliphatic hydroxyl groups excluding tert-OH is 1. The first-order valence-corrected chi connectivity index (χ1v) is 3.43. The number of hydrogen-bond acceptors (Lipinski definition) is 3. The molecule has 0 bridgehead atoms. The van der Waals surface area contributed by atoms with E-state index in [1.54, 1.807) is 0 Å². The molecule has 0 aliphatic carbocycles. The molecule has 4 heteroatoms. The Hall–Kier alpha value is -1.58. The molecule has 0 aromatic rings. The van der Waals surface area contributed by atoms with Crippen molar-refractivity contribution in [2.45, 2.75) is 13.8 Å². The van der Waals surface area contributed by atoms with E-state index in [1.807, 2.05) is 13.8 Å². The molecule has 0 saturated heterocycles. The van der Waals surface area contributed by atoms with Gasteiger partial charge in [-0.2, -0.15) is 0 Å². The Morgan fingerprint density at radius 3 is 2.08 bits per heavy atom. The first-order chi connectivity index (χ1) is 5.54. The molecular formula is C8H13NO3. The molecule has 0 saturated carbocycles. The third kappa shape index (κ3) is 8.42. The number of nitrogens with zero attached hydrogens (tertiary/aromatic N) is 1. The van der Waals surface area contributed by atoms with Gasteiger partial charge in [-0.1, -0.05) is 20.4 Å². The van der Waals surface area contributed by atoms with Gasteiger partial charge in [-0.25, -0.2) is 0 Å². The Balaban J connectivity index is 0. The summed E-state index contributed by atoms with van der Waals surface area (Å²) in [6.07, 6.45) is 2.17. The van der Waals surface area contributed by atoms with Crippen LogP contribution < -0.4 is 0 Å². The predicted octanol–water partition coefficient (Wildman–Crippen LogP) is 2.43. The molecule has 0 spiro atoms. The molecule has 68 valence electrons. The summed E-state index contributed by atoms with van der Waals surface area (Å²) in [5.41, 5.74) is -0.282. The van der Waals surface area contributed by atoms with Crippen LogP contribution in [0.1, 0.15) is 13.8 Å². The summed E-state index contributed by atoms with van der Waals surface area (Å²) in [5, 5.41) is 18.3. The van der Waals surface area contributed by atoms with Crippen LogP contribution in [-0.2, 0) is 0 Å². The normalized spacial score (nSPS) is 8.50. The van der Waals surface area contributed by atoms with Crippen molar-refractivity contribution in [2.24, 2.45) is 0 Å². The van der Waals surface area contributed by atoms with E-state index in [1.165, 1.54) is 0 Å². The van der Waals surface area contributed by atoms with E-state index in [0.29, 0.717) is 0 Å². The molecule has 0 rings (SSSR count). The summed E-state index contributed by atoms with van der Waals surface area (Å²) in [4.78, 5) is 9.20. The summed E-state index contributed by atoms with van der Waals surface area (Å²) in [6.45, 7) is 10.2. The third-order valence-electron chi connectivity index (χ3n) is 0.703. The van der Waals surface area contributed by atoms with Crippen molar-refractivity contribution in [1.82, 2.24) is 0 Å². The van der Waals surface area contributed by atoms with Crippen LogP contribution in [0.25, 0.3) is 0 Å². The van der Waals surface area contributed by atoms with Gasteiger partial charge in [0.15, 0.2) is 0 Å². The van der Waals surface area contributed by atoms with Crippen molar-refractivity contribution in [2.75, 3.05) is 0 Å². The maximum Gasteiger partial charge on any atom is 0.262 e. The molecule has 0 amide bonds. The number of rotatable bonds is 3. The monoisotopic (exact) mass is 171 g/mol. The van der Waals surface area contributed by atoms with Crippen molar-refractivity contribution < 1.29 is 10.0 Å². The summed E-state index contributed by atoms with van der Waals surface area (Å²) in [5.74, 6) is -0.233. The zero-order valence-corrected chi connectivity index (χ0v) is 7.28. The summed E-state index contributed by atoms with van der Waals surface area (Å²) in [7, 11) is 0. The molecule has 0 aliphatic heterocycles. The van der Waals surface area contributed by atoms with Crippen LogP contribution in [0.4, 0.5) is 0 Å². The second-order valence-electron chi connectivity index (χ2n) is 1.57. The molecule has 0 heterocycles. The molecule has 0 aliphatic rings. The third-order valence-corrected chi connectivity index (χ3v) is 0.703. The van der Waals surface area contributed by atoms with Gasteiger partial charge in [0.25, 0.3) is 5.70 Å². The van der Waals surface area contributed by atoms with Crippen LogP contribution in [0.5, 0.6) is 0 Å². The highest BCUT2D eigenvalue weighted by molar-refractivity contribution is 5.15. The highest BCUT2D eigenvalue weighted by Crippen LogP contribution is 1.95. The summed E-state index contributed by atoms with van der Waals surface area (Å²) < 4.78 is 0. The minimum absolute atomic E-state index is 0.233. The smallest absolute Gasteiger partial charge is 0.262 e. The fourth-order valence-electron chi connectivity index (χ4n) is 0.253. The van der Waals surface area contributed by atoms with Gasteiger partial charge in [-0.15, -0.1) is 0 Å². The van der Waals surface area contributed by atoms with Crippen LogP contribution in [0.2, 0.25) is 0 Å². The number of hydrogen-bond donors (Lipinski definition) is 1. The predicted molar refractivity (Wildman–Crippen MR) is 48.4 cm³/mol. The quantitative estimate of drug-likeness (QED) is 0.307. The Kier molecular flexibility index (Phi) is 8.18. The van der Waals surface area contributed by atoms with E-state index in [9.17, 15) is 10.1 Å². The Labute approximate surface area is 71.7 Å². The maximum absolute atomic E-state index is 9.86. The standard InChI is InChI=1S/C6H7NO3.C2H6/c1-5(7(9)10)3-4-6(2)8;1-2/h3-4,8H,1-2H2;1-2H3/b4-3-;. The maximum atomic E-state index is 9.86. The highest BCUT2D eigenvalue weighted by Gasteiger charge is 1.98. The second kappa shape index (κ2) is 7.53. The van der Waals surface area contributed by atoms with Crippen molar-refractivity contribution in [3.05, 3.63) is 46.9 Å². The Morgan fingerprint density at radius 1 is 1.42 bits per heavy atom. The minimum atomic E-state index is -0.653.